The number of hydrogen-bond donors (Lipinski definition) is 0. The molecule has 3 heteroatoms. The molecule has 76 valence electrons. The van der Waals surface area contributed by atoms with E-state index in [9.17, 15) is 9.18 Å². The Morgan fingerprint density at radius 2 is 2.21 bits per heavy atom. The van der Waals surface area contributed by atoms with Crippen molar-refractivity contribution in [2.75, 3.05) is 6.61 Å². The molecule has 0 N–H and O–H groups in total. The van der Waals surface area contributed by atoms with Crippen LogP contribution in [0.25, 0.3) is 0 Å². The molecule has 0 aliphatic carbocycles. The molecule has 1 aromatic carbocycles. The fourth-order valence-electron chi connectivity index (χ4n) is 1.16. The zero-order chi connectivity index (χ0) is 10.6. The maximum atomic E-state index is 13.2. The lowest BCUT2D eigenvalue weighted by molar-refractivity contribution is -0.142. The van der Waals surface area contributed by atoms with E-state index in [4.69, 9.17) is 4.74 Å². The Bertz CT molecular complexity index is 334. The van der Waals surface area contributed by atoms with Gasteiger partial charge in [-0.05, 0) is 31.0 Å². The number of carbonyl (C=O) groups is 1. The molecule has 2 nitrogen and oxygen atoms in total. The summed E-state index contributed by atoms with van der Waals surface area (Å²) in [5.74, 6) is -0.742. The van der Waals surface area contributed by atoms with E-state index < -0.39 is 5.97 Å². The van der Waals surface area contributed by atoms with Crippen LogP contribution in [0.1, 0.15) is 18.1 Å². The Hall–Kier alpha value is -1.38. The molecule has 14 heavy (non-hydrogen) atoms. The minimum atomic E-state index is -0.393. The lowest BCUT2D eigenvalue weighted by Gasteiger charge is -2.03. The quantitative estimate of drug-likeness (QED) is 0.693. The summed E-state index contributed by atoms with van der Waals surface area (Å²) in [4.78, 5) is 11.1. The van der Waals surface area contributed by atoms with Crippen LogP contribution in [0.3, 0.4) is 0 Å². The van der Waals surface area contributed by atoms with Gasteiger partial charge in [-0.3, -0.25) is 4.79 Å². The van der Waals surface area contributed by atoms with Crippen LogP contribution in [0.5, 0.6) is 0 Å². The number of ether oxygens (including phenoxy) is 1. The molecular weight excluding hydrogens is 183 g/mol. The Morgan fingerprint density at radius 3 is 2.79 bits per heavy atom. The lowest BCUT2D eigenvalue weighted by Crippen LogP contribution is -2.08. The Balaban J connectivity index is 2.72. The predicted molar refractivity (Wildman–Crippen MR) is 51.5 cm³/mol. The number of esters is 1. The molecular formula is C11H13FO2. The summed E-state index contributed by atoms with van der Waals surface area (Å²) < 4.78 is 18.0. The van der Waals surface area contributed by atoms with Crippen molar-refractivity contribution in [3.05, 3.63) is 35.1 Å². The van der Waals surface area contributed by atoms with Gasteiger partial charge in [0.05, 0.1) is 13.0 Å². The largest absolute Gasteiger partial charge is 0.466 e. The van der Waals surface area contributed by atoms with Crippen molar-refractivity contribution in [1.29, 1.82) is 0 Å². The summed E-state index contributed by atoms with van der Waals surface area (Å²) in [6.45, 7) is 3.85. The SMILES string of the molecule is CCOC(=O)Cc1ccc(C)cc1F. The molecule has 0 unspecified atom stereocenters. The molecule has 0 aliphatic heterocycles. The minimum absolute atomic E-state index is 0.0000463. The van der Waals surface area contributed by atoms with Gasteiger partial charge in [0, 0.05) is 0 Å². The van der Waals surface area contributed by atoms with Crippen molar-refractivity contribution in [2.24, 2.45) is 0 Å². The van der Waals surface area contributed by atoms with Gasteiger partial charge in [0.2, 0.25) is 0 Å². The van der Waals surface area contributed by atoms with Crippen LogP contribution in [-0.2, 0) is 16.0 Å². The van der Waals surface area contributed by atoms with Crippen LogP contribution in [0, 0.1) is 12.7 Å². The number of aryl methyl sites for hydroxylation is 1. The first-order valence-corrected chi connectivity index (χ1v) is 4.54. The first kappa shape index (κ1) is 10.7. The number of hydrogen-bond acceptors (Lipinski definition) is 2. The van der Waals surface area contributed by atoms with Gasteiger partial charge in [0.1, 0.15) is 5.82 Å². The van der Waals surface area contributed by atoms with Crippen LogP contribution in [-0.4, -0.2) is 12.6 Å². The van der Waals surface area contributed by atoms with Crippen LogP contribution < -0.4 is 0 Å². The third kappa shape index (κ3) is 2.83. The zero-order valence-electron chi connectivity index (χ0n) is 8.34. The monoisotopic (exact) mass is 196 g/mol. The fourth-order valence-corrected chi connectivity index (χ4v) is 1.16. The fraction of sp³-hybridized carbons (Fsp3) is 0.364. The third-order valence-electron chi connectivity index (χ3n) is 1.85. The van der Waals surface area contributed by atoms with Gasteiger partial charge >= 0.3 is 5.97 Å². The average molecular weight is 196 g/mol. The van der Waals surface area contributed by atoms with Crippen molar-refractivity contribution in [3.63, 3.8) is 0 Å². The van der Waals surface area contributed by atoms with E-state index in [-0.39, 0.29) is 12.2 Å². The van der Waals surface area contributed by atoms with E-state index in [0.29, 0.717) is 12.2 Å². The lowest BCUT2D eigenvalue weighted by atomic mass is 10.1. The van der Waals surface area contributed by atoms with Gasteiger partial charge in [-0.2, -0.15) is 0 Å². The highest BCUT2D eigenvalue weighted by Gasteiger charge is 2.08. The van der Waals surface area contributed by atoms with E-state index in [1.54, 1.807) is 26.0 Å². The van der Waals surface area contributed by atoms with Crippen molar-refractivity contribution >= 4 is 5.97 Å². The molecule has 0 spiro atoms. The molecule has 0 saturated carbocycles. The second-order valence-electron chi connectivity index (χ2n) is 3.08. The zero-order valence-corrected chi connectivity index (χ0v) is 8.34. The molecule has 0 bridgehead atoms. The van der Waals surface area contributed by atoms with Crippen molar-refractivity contribution in [3.8, 4) is 0 Å². The Kier molecular flexibility index (Phi) is 3.63. The molecule has 0 atom stereocenters. The normalized spacial score (nSPS) is 9.93. The number of carbonyl (C=O) groups excluding carboxylic acids is 1. The van der Waals surface area contributed by atoms with E-state index in [1.807, 2.05) is 0 Å². The second-order valence-corrected chi connectivity index (χ2v) is 3.08. The minimum Gasteiger partial charge on any atom is -0.466 e. The van der Waals surface area contributed by atoms with Crippen molar-refractivity contribution in [1.82, 2.24) is 0 Å². The summed E-state index contributed by atoms with van der Waals surface area (Å²) in [7, 11) is 0. The first-order valence-electron chi connectivity index (χ1n) is 4.54. The molecule has 0 fully saturated rings. The first-order chi connectivity index (χ1) is 6.63. The van der Waals surface area contributed by atoms with Gasteiger partial charge < -0.3 is 4.74 Å². The molecule has 0 aromatic heterocycles. The van der Waals surface area contributed by atoms with Crippen molar-refractivity contribution < 1.29 is 13.9 Å². The smallest absolute Gasteiger partial charge is 0.310 e. The highest BCUT2D eigenvalue weighted by molar-refractivity contribution is 5.72. The average Bonchev–Trinajstić information content (AvgIpc) is 2.10. The molecule has 0 saturated heterocycles. The second kappa shape index (κ2) is 4.74. The summed E-state index contributed by atoms with van der Waals surface area (Å²) in [5, 5.41) is 0. The molecule has 0 aliphatic rings. The summed E-state index contributed by atoms with van der Waals surface area (Å²) in [6, 6.07) is 4.80. The van der Waals surface area contributed by atoms with Gasteiger partial charge in [-0.1, -0.05) is 12.1 Å². The Labute approximate surface area is 82.7 Å². The maximum Gasteiger partial charge on any atom is 0.310 e. The topological polar surface area (TPSA) is 26.3 Å². The highest BCUT2D eigenvalue weighted by Crippen LogP contribution is 2.10. The molecule has 0 amide bonds. The third-order valence-corrected chi connectivity index (χ3v) is 1.85. The summed E-state index contributed by atoms with van der Waals surface area (Å²) in [6.07, 6.45) is -0.0000463. The van der Waals surface area contributed by atoms with Crippen molar-refractivity contribution in [2.45, 2.75) is 20.3 Å². The van der Waals surface area contributed by atoms with E-state index >= 15 is 0 Å². The predicted octanol–water partition coefficient (Wildman–Crippen LogP) is 2.24. The number of halogens is 1. The summed E-state index contributed by atoms with van der Waals surface area (Å²) in [5.41, 5.74) is 1.23. The van der Waals surface area contributed by atoms with Crippen LogP contribution >= 0.6 is 0 Å². The van der Waals surface area contributed by atoms with E-state index in [2.05, 4.69) is 0 Å². The van der Waals surface area contributed by atoms with Gasteiger partial charge in [0.15, 0.2) is 0 Å². The van der Waals surface area contributed by atoms with Gasteiger partial charge in [0.25, 0.3) is 0 Å². The van der Waals surface area contributed by atoms with Crippen LogP contribution in [0.2, 0.25) is 0 Å². The molecule has 1 rings (SSSR count). The van der Waals surface area contributed by atoms with Crippen LogP contribution in [0.15, 0.2) is 18.2 Å². The van der Waals surface area contributed by atoms with Crippen LogP contribution in [0.4, 0.5) is 4.39 Å². The molecule has 1 aromatic rings. The highest BCUT2D eigenvalue weighted by atomic mass is 19.1. The summed E-state index contributed by atoms with van der Waals surface area (Å²) >= 11 is 0. The van der Waals surface area contributed by atoms with Gasteiger partial charge in [-0.15, -0.1) is 0 Å². The van der Waals surface area contributed by atoms with E-state index in [1.165, 1.54) is 6.07 Å². The van der Waals surface area contributed by atoms with E-state index in [0.717, 1.165) is 5.56 Å². The Morgan fingerprint density at radius 1 is 1.50 bits per heavy atom. The standard InChI is InChI=1S/C11H13FO2/c1-3-14-11(13)7-9-5-4-8(2)6-10(9)12/h4-6H,3,7H2,1-2H3. The molecule has 0 radical (unpaired) electrons. The maximum absolute atomic E-state index is 13.2. The number of benzene rings is 1. The van der Waals surface area contributed by atoms with Gasteiger partial charge in [-0.25, -0.2) is 4.39 Å². The number of rotatable bonds is 3. The molecule has 0 heterocycles.